The minimum absolute atomic E-state index is 0.0988. The first kappa shape index (κ1) is 16.8. The average molecular weight is 334 g/mol. The van der Waals surface area contributed by atoms with E-state index in [4.69, 9.17) is 17.0 Å². The quantitative estimate of drug-likeness (QED) is 0.738. The van der Waals surface area contributed by atoms with Gasteiger partial charge in [0.2, 0.25) is 0 Å². The molecule has 0 unspecified atom stereocenters. The van der Waals surface area contributed by atoms with Crippen LogP contribution < -0.4 is 15.4 Å². The number of aromatic nitrogens is 4. The highest BCUT2D eigenvalue weighted by atomic mass is 32.1. The van der Waals surface area contributed by atoms with Gasteiger partial charge in [-0.15, -0.1) is 5.10 Å². The van der Waals surface area contributed by atoms with E-state index < -0.39 is 0 Å². The van der Waals surface area contributed by atoms with Crippen LogP contribution in [0.2, 0.25) is 0 Å². The number of ether oxygens (including phenoxy) is 1. The predicted molar refractivity (Wildman–Crippen MR) is 89.0 cm³/mol. The summed E-state index contributed by atoms with van der Waals surface area (Å²) in [5, 5.41) is 17.1. The van der Waals surface area contributed by atoms with E-state index in [1.165, 1.54) is 4.80 Å². The summed E-state index contributed by atoms with van der Waals surface area (Å²) in [5.74, 6) is 0.488. The van der Waals surface area contributed by atoms with Gasteiger partial charge in [-0.1, -0.05) is 36.6 Å². The van der Waals surface area contributed by atoms with Gasteiger partial charge in [0.25, 0.3) is 11.9 Å². The zero-order chi connectivity index (χ0) is 16.5. The fraction of sp³-hybridized carbons (Fsp3) is 0.357. The van der Waals surface area contributed by atoms with Crippen LogP contribution in [0.15, 0.2) is 30.3 Å². The highest BCUT2D eigenvalue weighted by molar-refractivity contribution is 7.80. The van der Waals surface area contributed by atoms with Crippen LogP contribution in [0.4, 0.5) is 5.95 Å². The van der Waals surface area contributed by atoms with Gasteiger partial charge in [-0.05, 0) is 36.0 Å². The number of nitrogens with one attached hydrogen (secondary N) is 2. The zero-order valence-electron chi connectivity index (χ0n) is 12.7. The number of hydrogen-bond acceptors (Lipinski definition) is 6. The van der Waals surface area contributed by atoms with Crippen LogP contribution in [0.1, 0.15) is 19.8 Å². The van der Waals surface area contributed by atoms with E-state index in [1.54, 1.807) is 12.1 Å². The second-order valence-corrected chi connectivity index (χ2v) is 5.07. The summed E-state index contributed by atoms with van der Waals surface area (Å²) in [6.45, 7) is 2.63. The Balaban J connectivity index is 1.73. The van der Waals surface area contributed by atoms with E-state index in [2.05, 4.69) is 33.0 Å². The van der Waals surface area contributed by atoms with Gasteiger partial charge in [-0.25, -0.2) is 0 Å². The molecule has 1 amide bonds. The van der Waals surface area contributed by atoms with Crippen molar-refractivity contribution in [2.24, 2.45) is 0 Å². The number of unbranched alkanes of at least 4 members (excludes halogenated alkanes) is 1. The van der Waals surface area contributed by atoms with Crippen LogP contribution in [-0.2, 0) is 11.3 Å². The Bertz CT molecular complexity index is 646. The van der Waals surface area contributed by atoms with Crippen molar-refractivity contribution in [1.29, 1.82) is 0 Å². The molecule has 0 aliphatic rings. The van der Waals surface area contributed by atoms with Crippen LogP contribution in [-0.4, -0.2) is 37.8 Å². The molecule has 0 spiro atoms. The maximum Gasteiger partial charge on any atom is 0.269 e. The predicted octanol–water partition coefficient (Wildman–Crippen LogP) is 1.37. The SMILES string of the molecule is CCCCn1nnc(NC(=S)NC(=O)COc2ccccc2)n1. The Morgan fingerprint density at radius 2 is 2.13 bits per heavy atom. The lowest BCUT2D eigenvalue weighted by Crippen LogP contribution is -2.37. The van der Waals surface area contributed by atoms with Crippen molar-refractivity contribution in [3.63, 3.8) is 0 Å². The normalized spacial score (nSPS) is 10.1. The number of hydrogen-bond donors (Lipinski definition) is 2. The number of tetrazole rings is 1. The maximum atomic E-state index is 11.7. The largest absolute Gasteiger partial charge is 0.484 e. The van der Waals surface area contributed by atoms with Gasteiger partial charge < -0.3 is 4.74 Å². The van der Waals surface area contributed by atoms with Gasteiger partial charge in [0, 0.05) is 0 Å². The summed E-state index contributed by atoms with van der Waals surface area (Å²) in [6, 6.07) is 9.05. The van der Waals surface area contributed by atoms with Crippen molar-refractivity contribution in [2.45, 2.75) is 26.3 Å². The summed E-state index contributed by atoms with van der Waals surface area (Å²) >= 11 is 5.02. The molecule has 2 N–H and O–H groups in total. The van der Waals surface area contributed by atoms with Crippen molar-refractivity contribution >= 4 is 29.2 Å². The van der Waals surface area contributed by atoms with E-state index in [0.29, 0.717) is 12.3 Å². The van der Waals surface area contributed by atoms with Gasteiger partial charge in [0.1, 0.15) is 5.75 Å². The summed E-state index contributed by atoms with van der Waals surface area (Å²) in [7, 11) is 0. The molecule has 0 saturated heterocycles. The Hall–Kier alpha value is -2.55. The van der Waals surface area contributed by atoms with Gasteiger partial charge in [0.15, 0.2) is 11.7 Å². The number of carbonyl (C=O) groups excluding carboxylic acids is 1. The summed E-state index contributed by atoms with van der Waals surface area (Å²) in [6.07, 6.45) is 2.01. The Morgan fingerprint density at radius 1 is 1.35 bits per heavy atom. The van der Waals surface area contributed by atoms with Gasteiger partial charge in [-0.2, -0.15) is 4.80 Å². The third-order valence-electron chi connectivity index (χ3n) is 2.76. The monoisotopic (exact) mass is 334 g/mol. The van der Waals surface area contributed by atoms with Gasteiger partial charge >= 0.3 is 0 Å². The molecule has 2 rings (SSSR count). The number of aryl methyl sites for hydroxylation is 1. The molecule has 0 bridgehead atoms. The number of thiocarbonyl (C=S) groups is 1. The molecule has 1 aromatic heterocycles. The number of nitrogens with zero attached hydrogens (tertiary/aromatic N) is 4. The lowest BCUT2D eigenvalue weighted by atomic mass is 10.3. The van der Waals surface area contributed by atoms with Crippen molar-refractivity contribution < 1.29 is 9.53 Å². The molecule has 0 atom stereocenters. The molecule has 1 heterocycles. The van der Waals surface area contributed by atoms with Crippen LogP contribution in [0.25, 0.3) is 0 Å². The van der Waals surface area contributed by atoms with Crippen LogP contribution >= 0.6 is 12.2 Å². The van der Waals surface area contributed by atoms with Crippen molar-refractivity contribution in [3.05, 3.63) is 30.3 Å². The molecule has 9 heteroatoms. The molecule has 0 radical (unpaired) electrons. The first-order chi connectivity index (χ1) is 11.2. The van der Waals surface area contributed by atoms with Crippen LogP contribution in [0, 0.1) is 0 Å². The standard InChI is InChI=1S/C14H18N6O2S/c1-2-3-9-20-18-13(17-19-20)16-14(23)15-12(21)10-22-11-7-5-4-6-8-11/h4-8H,2-3,9-10H2,1H3,(H2,15,16,18,21,23). The number of anilines is 1. The second-order valence-electron chi connectivity index (χ2n) is 4.67. The lowest BCUT2D eigenvalue weighted by molar-refractivity contribution is -0.121. The number of rotatable bonds is 7. The van der Waals surface area contributed by atoms with Crippen molar-refractivity contribution in [2.75, 3.05) is 11.9 Å². The van der Waals surface area contributed by atoms with Gasteiger partial charge in [-0.3, -0.25) is 15.4 Å². The summed E-state index contributed by atoms with van der Waals surface area (Å²) in [5.41, 5.74) is 0. The van der Waals surface area contributed by atoms with E-state index in [0.717, 1.165) is 12.8 Å². The van der Waals surface area contributed by atoms with E-state index in [1.807, 2.05) is 18.2 Å². The lowest BCUT2D eigenvalue weighted by Gasteiger charge is -2.08. The minimum atomic E-state index is -0.371. The second kappa shape index (κ2) is 8.79. The number of para-hydroxylation sites is 1. The molecule has 23 heavy (non-hydrogen) atoms. The summed E-state index contributed by atoms with van der Waals surface area (Å²) < 4.78 is 5.32. The molecule has 0 aliphatic carbocycles. The summed E-state index contributed by atoms with van der Waals surface area (Å²) in [4.78, 5) is 13.2. The first-order valence-electron chi connectivity index (χ1n) is 7.24. The number of carbonyl (C=O) groups is 1. The number of amides is 1. The molecule has 0 aliphatic heterocycles. The Labute approximate surface area is 139 Å². The molecular weight excluding hydrogens is 316 g/mol. The smallest absolute Gasteiger partial charge is 0.269 e. The molecular formula is C14H18N6O2S. The Morgan fingerprint density at radius 3 is 2.87 bits per heavy atom. The van der Waals surface area contributed by atoms with Gasteiger partial charge in [0.05, 0.1) is 6.54 Å². The van der Waals surface area contributed by atoms with E-state index in [-0.39, 0.29) is 23.6 Å². The Kier molecular flexibility index (Phi) is 6.42. The molecule has 0 fully saturated rings. The van der Waals surface area contributed by atoms with Crippen molar-refractivity contribution in [1.82, 2.24) is 25.5 Å². The molecule has 2 aromatic rings. The van der Waals surface area contributed by atoms with Crippen LogP contribution in [0.3, 0.4) is 0 Å². The first-order valence-corrected chi connectivity index (χ1v) is 7.64. The highest BCUT2D eigenvalue weighted by Gasteiger charge is 2.08. The number of benzene rings is 1. The highest BCUT2D eigenvalue weighted by Crippen LogP contribution is 2.07. The average Bonchev–Trinajstić information content (AvgIpc) is 2.99. The molecule has 1 aromatic carbocycles. The molecule has 122 valence electrons. The molecule has 8 nitrogen and oxygen atoms in total. The van der Waals surface area contributed by atoms with E-state index >= 15 is 0 Å². The zero-order valence-corrected chi connectivity index (χ0v) is 13.5. The maximum absolute atomic E-state index is 11.7. The topological polar surface area (TPSA) is 94.0 Å². The van der Waals surface area contributed by atoms with Crippen molar-refractivity contribution in [3.8, 4) is 5.75 Å². The fourth-order valence-electron chi connectivity index (χ4n) is 1.65. The third-order valence-corrected chi connectivity index (χ3v) is 2.96. The molecule has 0 saturated carbocycles. The third kappa shape index (κ3) is 5.99. The minimum Gasteiger partial charge on any atom is -0.484 e. The van der Waals surface area contributed by atoms with Crippen LogP contribution in [0.5, 0.6) is 5.75 Å². The van der Waals surface area contributed by atoms with E-state index in [9.17, 15) is 4.79 Å². The fourth-order valence-corrected chi connectivity index (χ4v) is 1.85.